The molecular formula is C35H62O22. The van der Waals surface area contributed by atoms with E-state index in [4.69, 9.17) is 42.6 Å². The van der Waals surface area contributed by atoms with Crippen molar-refractivity contribution in [2.75, 3.05) is 19.8 Å². The van der Waals surface area contributed by atoms with Gasteiger partial charge in [-0.2, -0.15) is 0 Å². The Hall–Kier alpha value is -0.880. The van der Waals surface area contributed by atoms with Crippen LogP contribution in [0.2, 0.25) is 0 Å². The molecule has 0 saturated carbocycles. The van der Waals surface area contributed by atoms with Crippen LogP contribution in [-0.2, 0) is 42.6 Å². The molecule has 25 atom stereocenters. The van der Waals surface area contributed by atoms with Crippen LogP contribution in [0.4, 0.5) is 0 Å². The van der Waals surface area contributed by atoms with Crippen molar-refractivity contribution in [1.29, 1.82) is 0 Å². The van der Waals surface area contributed by atoms with E-state index >= 15 is 0 Å². The van der Waals surface area contributed by atoms with Crippen LogP contribution in [0.25, 0.3) is 0 Å². The van der Waals surface area contributed by atoms with E-state index in [1.807, 2.05) is 0 Å². The average molecular weight is 835 g/mol. The average Bonchev–Trinajstić information content (AvgIpc) is 3.16. The van der Waals surface area contributed by atoms with Gasteiger partial charge in [-0.25, -0.2) is 0 Å². The van der Waals surface area contributed by atoms with Gasteiger partial charge in [0.1, 0.15) is 97.7 Å². The van der Waals surface area contributed by atoms with Crippen molar-refractivity contribution in [3.8, 4) is 0 Å². The highest BCUT2D eigenvalue weighted by atomic mass is 16.8. The zero-order valence-corrected chi connectivity index (χ0v) is 32.5. The normalized spacial score (nSPS) is 52.8. The third kappa shape index (κ3) is 9.62. The van der Waals surface area contributed by atoms with Gasteiger partial charge in [0.25, 0.3) is 0 Å². The maximum atomic E-state index is 11.4. The number of ether oxygens (including phenoxy) is 9. The maximum absolute atomic E-state index is 11.4. The summed E-state index contributed by atoms with van der Waals surface area (Å²) in [7, 11) is 0. The van der Waals surface area contributed by atoms with E-state index in [0.717, 1.165) is 0 Å². The molecule has 0 aromatic carbocycles. The fraction of sp³-hybridized carbons (Fsp3) is 1.00. The lowest BCUT2D eigenvalue weighted by molar-refractivity contribution is -0.401. The Morgan fingerprint density at radius 2 is 0.825 bits per heavy atom. The van der Waals surface area contributed by atoms with Crippen molar-refractivity contribution in [1.82, 2.24) is 0 Å². The van der Waals surface area contributed by atoms with Crippen LogP contribution in [-0.4, -0.2) is 233 Å². The Bertz CT molecular complexity index is 1260. The van der Waals surface area contributed by atoms with E-state index in [1.54, 1.807) is 20.8 Å². The molecule has 0 radical (unpaired) electrons. The summed E-state index contributed by atoms with van der Waals surface area (Å²) in [6.45, 7) is 7.29. The molecule has 57 heavy (non-hydrogen) atoms. The molecule has 0 bridgehead atoms. The molecule has 0 aromatic heterocycles. The minimum absolute atomic E-state index is 0.632. The van der Waals surface area contributed by atoms with Crippen LogP contribution in [0.3, 0.4) is 0 Å². The molecule has 0 amide bonds. The third-order valence-corrected chi connectivity index (χ3v) is 11.5. The van der Waals surface area contributed by atoms with Gasteiger partial charge in [-0.15, -0.1) is 0 Å². The molecule has 5 saturated heterocycles. The summed E-state index contributed by atoms with van der Waals surface area (Å²) in [6, 6.07) is 0. The molecule has 10 unspecified atom stereocenters. The van der Waals surface area contributed by atoms with Crippen molar-refractivity contribution in [2.45, 2.75) is 189 Å². The first-order chi connectivity index (χ1) is 26.7. The maximum Gasteiger partial charge on any atom is 0.187 e. The number of aliphatic hydroxyl groups is 13. The Morgan fingerprint density at radius 3 is 1.32 bits per heavy atom. The van der Waals surface area contributed by atoms with Crippen LogP contribution >= 0.6 is 0 Å². The minimum atomic E-state index is -1.92. The smallest absolute Gasteiger partial charge is 0.187 e. The quantitative estimate of drug-likeness (QED) is 0.0920. The Labute approximate surface area is 328 Å². The second-order valence-corrected chi connectivity index (χ2v) is 16.7. The van der Waals surface area contributed by atoms with Crippen molar-refractivity contribution >= 4 is 0 Å². The second-order valence-electron chi connectivity index (χ2n) is 16.7. The Morgan fingerprint density at radius 1 is 0.386 bits per heavy atom. The fourth-order valence-electron chi connectivity index (χ4n) is 7.85. The van der Waals surface area contributed by atoms with Crippen LogP contribution in [0.1, 0.15) is 41.5 Å². The molecule has 0 aliphatic carbocycles. The van der Waals surface area contributed by atoms with Crippen LogP contribution in [0, 0.1) is 11.3 Å². The van der Waals surface area contributed by atoms with Crippen molar-refractivity contribution in [2.24, 2.45) is 11.3 Å². The predicted molar refractivity (Wildman–Crippen MR) is 184 cm³/mol. The van der Waals surface area contributed by atoms with E-state index in [1.165, 1.54) is 20.8 Å². The molecule has 0 spiro atoms. The van der Waals surface area contributed by atoms with E-state index in [0.29, 0.717) is 0 Å². The van der Waals surface area contributed by atoms with Gasteiger partial charge in [0.2, 0.25) is 0 Å². The lowest BCUT2D eigenvalue weighted by Crippen LogP contribution is -2.68. The largest absolute Gasteiger partial charge is 0.394 e. The van der Waals surface area contributed by atoms with Crippen LogP contribution in [0.5, 0.6) is 0 Å². The van der Waals surface area contributed by atoms with E-state index in [9.17, 15) is 66.4 Å². The molecular weight excluding hydrogens is 772 g/mol. The van der Waals surface area contributed by atoms with Gasteiger partial charge in [0, 0.05) is 5.92 Å². The van der Waals surface area contributed by atoms with Gasteiger partial charge in [0.05, 0.1) is 44.2 Å². The monoisotopic (exact) mass is 834 g/mol. The first kappa shape index (κ1) is 47.2. The minimum Gasteiger partial charge on any atom is -0.394 e. The van der Waals surface area contributed by atoms with E-state index in [2.05, 4.69) is 0 Å². The lowest BCUT2D eigenvalue weighted by Gasteiger charge is -2.52. The highest BCUT2D eigenvalue weighted by Crippen LogP contribution is 2.40. The molecule has 5 aliphatic rings. The summed E-state index contributed by atoms with van der Waals surface area (Å²) < 4.78 is 53.7. The highest BCUT2D eigenvalue weighted by molar-refractivity contribution is 5.00. The van der Waals surface area contributed by atoms with Crippen molar-refractivity contribution in [3.63, 3.8) is 0 Å². The molecule has 5 aliphatic heterocycles. The third-order valence-electron chi connectivity index (χ3n) is 11.5. The highest BCUT2D eigenvalue weighted by Gasteiger charge is 2.57. The molecule has 334 valence electrons. The summed E-state index contributed by atoms with van der Waals surface area (Å²) in [6.07, 6.45) is -37.2. The molecule has 5 heterocycles. The van der Waals surface area contributed by atoms with Gasteiger partial charge < -0.3 is 109 Å². The molecule has 5 rings (SSSR count). The number of rotatable bonds is 11. The topological polar surface area (TPSA) is 346 Å². The lowest BCUT2D eigenvalue weighted by atomic mass is 9.80. The van der Waals surface area contributed by atoms with Gasteiger partial charge in [-0.3, -0.25) is 0 Å². The summed E-state index contributed by atoms with van der Waals surface area (Å²) >= 11 is 0. The zero-order valence-electron chi connectivity index (χ0n) is 32.5. The van der Waals surface area contributed by atoms with Crippen LogP contribution < -0.4 is 0 Å². The molecule has 13 N–H and O–H groups in total. The first-order valence-corrected chi connectivity index (χ1v) is 19.2. The van der Waals surface area contributed by atoms with E-state index < -0.39 is 178 Å². The molecule has 22 nitrogen and oxygen atoms in total. The van der Waals surface area contributed by atoms with Crippen molar-refractivity contribution < 1.29 is 109 Å². The second kappa shape index (κ2) is 19.0. The van der Waals surface area contributed by atoms with Gasteiger partial charge in [0.15, 0.2) is 25.2 Å². The van der Waals surface area contributed by atoms with Crippen LogP contribution in [0.15, 0.2) is 0 Å². The summed E-state index contributed by atoms with van der Waals surface area (Å²) in [5.74, 6) is -1.08. The summed E-state index contributed by atoms with van der Waals surface area (Å²) in [4.78, 5) is 0. The zero-order chi connectivity index (χ0) is 42.4. The number of hydrogen-bond acceptors (Lipinski definition) is 22. The number of aliphatic hydroxyl groups excluding tert-OH is 13. The number of hydrogen-bond donors (Lipinski definition) is 13. The van der Waals surface area contributed by atoms with Gasteiger partial charge >= 0.3 is 0 Å². The summed E-state index contributed by atoms with van der Waals surface area (Å²) in [5.41, 5.74) is -0.708. The first-order valence-electron chi connectivity index (χ1n) is 19.2. The standard InChI is InChI=1S/C35H62O22/c1-10-26(54-32-23(46)20(43)16(39)11(2)49-32)27(15(9-38)53-31(10)56-28-19(42)14(8-37)51-30(25(28)48)35(4,5)6)55-34-29(22(45)18(41)13(7-36)52-34)57-33-24(47)21(44)17(40)12(3)50-33/h10-34,36-48H,7-9H2,1-6H3/t10?,11?,12?,13?,14?,15?,16-,17-,18+,19+,20?,21+,22+,23-,24?,25?,26-,27-,28+,29?,30-,31+,32+,33+,34+/m1/s1. The molecule has 0 aromatic rings. The van der Waals surface area contributed by atoms with Gasteiger partial charge in [-0.1, -0.05) is 27.7 Å². The SMILES string of the molecule is CC1O[C@@H](O[C@@H]2C(C)[C@H](O[C@@H]3C(O)[C@H](C(C)(C)C)OC(CO)[C@@H]3O)OC(CO)[C@H]2O[C@@H]2OC(CO)[C@H](O)[C@H](O)C2O[C@@H]2OC(C)[C@@H](O)[C@H](O)C2O)[C@H](O)C(O)[C@@H]1O. The molecule has 5 fully saturated rings. The Kier molecular flexibility index (Phi) is 15.7. The van der Waals surface area contributed by atoms with E-state index in [-0.39, 0.29) is 0 Å². The van der Waals surface area contributed by atoms with Gasteiger partial charge in [-0.05, 0) is 19.3 Å². The Balaban J connectivity index is 1.49. The molecule has 22 heteroatoms. The van der Waals surface area contributed by atoms with Crippen molar-refractivity contribution in [3.05, 3.63) is 0 Å². The summed E-state index contributed by atoms with van der Waals surface area (Å²) in [5, 5.41) is 139. The fourth-order valence-corrected chi connectivity index (χ4v) is 7.85. The predicted octanol–water partition coefficient (Wildman–Crippen LogP) is -6.50.